The summed E-state index contributed by atoms with van der Waals surface area (Å²) in [6.07, 6.45) is 2.85. The zero-order valence-electron chi connectivity index (χ0n) is 16.7. The normalized spacial score (nSPS) is 22.5. The monoisotopic (exact) mass is 446 g/mol. The van der Waals surface area contributed by atoms with Crippen LogP contribution in [0.3, 0.4) is 0 Å². The van der Waals surface area contributed by atoms with E-state index >= 15 is 0 Å². The fourth-order valence-corrected chi connectivity index (χ4v) is 4.88. The molecule has 3 unspecified atom stereocenters. The zero-order valence-corrected chi connectivity index (χ0v) is 16.7. The highest BCUT2D eigenvalue weighted by Crippen LogP contribution is 2.44. The minimum atomic E-state index is -4.54. The molecule has 2 aromatic heterocycles. The first-order valence-corrected chi connectivity index (χ1v) is 10.2. The molecule has 3 aromatic rings. The Kier molecular flexibility index (Phi) is 4.90. The van der Waals surface area contributed by atoms with Crippen molar-refractivity contribution >= 4 is 5.91 Å². The number of carbonyl (C=O) groups is 1. The summed E-state index contributed by atoms with van der Waals surface area (Å²) in [5.41, 5.74) is -0.424. The smallest absolute Gasteiger partial charge is 0.332 e. The van der Waals surface area contributed by atoms with Crippen LogP contribution in [0.15, 0.2) is 43.0 Å². The number of carbonyl (C=O) groups excluding carboxylic acids is 1. The molecule has 1 aromatic carbocycles. The van der Waals surface area contributed by atoms with Crippen LogP contribution >= 0.6 is 0 Å². The Morgan fingerprint density at radius 3 is 2.56 bits per heavy atom. The lowest BCUT2D eigenvalue weighted by Crippen LogP contribution is -2.38. The van der Waals surface area contributed by atoms with Crippen molar-refractivity contribution < 1.29 is 22.4 Å². The van der Waals surface area contributed by atoms with Crippen LogP contribution < -0.4 is 0 Å². The van der Waals surface area contributed by atoms with Gasteiger partial charge in [0.15, 0.2) is 5.69 Å². The fraction of sp³-hybridized carbons (Fsp3) is 0.381. The number of nitrogens with zero attached hydrogens (tertiary/aromatic N) is 6. The Morgan fingerprint density at radius 2 is 1.88 bits per heavy atom. The van der Waals surface area contributed by atoms with Crippen LogP contribution in [0.25, 0.3) is 5.69 Å². The highest BCUT2D eigenvalue weighted by atomic mass is 19.4. The minimum Gasteiger partial charge on any atom is -0.332 e. The van der Waals surface area contributed by atoms with E-state index in [0.29, 0.717) is 18.5 Å². The van der Waals surface area contributed by atoms with Gasteiger partial charge < -0.3 is 4.90 Å². The molecule has 11 heteroatoms. The number of hydrogen-bond acceptors (Lipinski definition) is 5. The second-order valence-electron chi connectivity index (χ2n) is 8.05. The maximum atomic E-state index is 14.8. The van der Waals surface area contributed by atoms with Gasteiger partial charge in [-0.25, -0.2) is 9.37 Å². The van der Waals surface area contributed by atoms with Crippen molar-refractivity contribution in [2.24, 2.45) is 5.92 Å². The highest BCUT2D eigenvalue weighted by molar-refractivity contribution is 5.98. The molecule has 2 bridgehead atoms. The first-order valence-electron chi connectivity index (χ1n) is 10.2. The second-order valence-corrected chi connectivity index (χ2v) is 8.05. The Balaban J connectivity index is 1.39. The van der Waals surface area contributed by atoms with Gasteiger partial charge in [0.25, 0.3) is 5.91 Å². The number of alkyl halides is 3. The highest BCUT2D eigenvalue weighted by Gasteiger charge is 2.49. The predicted molar refractivity (Wildman–Crippen MR) is 103 cm³/mol. The number of aromatic nitrogens is 5. The summed E-state index contributed by atoms with van der Waals surface area (Å²) in [6.45, 7) is 0. The molecule has 2 aliphatic rings. The summed E-state index contributed by atoms with van der Waals surface area (Å²) in [5, 5.41) is 8.04. The van der Waals surface area contributed by atoms with E-state index in [1.165, 1.54) is 29.3 Å². The quantitative estimate of drug-likeness (QED) is 0.574. The van der Waals surface area contributed by atoms with Crippen molar-refractivity contribution in [1.82, 2.24) is 29.9 Å². The fourth-order valence-electron chi connectivity index (χ4n) is 4.88. The van der Waals surface area contributed by atoms with Crippen LogP contribution in [0, 0.1) is 11.7 Å². The molecule has 3 atom stereocenters. The van der Waals surface area contributed by atoms with Gasteiger partial charge in [-0.2, -0.15) is 28.2 Å². The van der Waals surface area contributed by atoms with E-state index in [4.69, 9.17) is 0 Å². The lowest BCUT2D eigenvalue weighted by Gasteiger charge is -2.25. The third-order valence-corrected chi connectivity index (χ3v) is 6.21. The van der Waals surface area contributed by atoms with Gasteiger partial charge >= 0.3 is 6.18 Å². The van der Waals surface area contributed by atoms with Crippen LogP contribution in [0.5, 0.6) is 0 Å². The summed E-state index contributed by atoms with van der Waals surface area (Å²) in [5.74, 6) is -1.06. The van der Waals surface area contributed by atoms with Crippen molar-refractivity contribution in [2.45, 2.75) is 43.9 Å². The third-order valence-electron chi connectivity index (χ3n) is 6.21. The Morgan fingerprint density at radius 1 is 1.09 bits per heavy atom. The Labute approximate surface area is 180 Å². The van der Waals surface area contributed by atoms with Crippen molar-refractivity contribution in [2.75, 3.05) is 0 Å². The van der Waals surface area contributed by atoms with E-state index < -0.39 is 23.6 Å². The van der Waals surface area contributed by atoms with Crippen LogP contribution in [-0.2, 0) is 12.6 Å². The average molecular weight is 446 g/mol. The Hall–Kier alpha value is -3.37. The maximum absolute atomic E-state index is 14.8. The lowest BCUT2D eigenvalue weighted by molar-refractivity contribution is -0.141. The molecule has 32 heavy (non-hydrogen) atoms. The Bertz CT molecular complexity index is 1130. The van der Waals surface area contributed by atoms with Crippen molar-refractivity contribution in [1.29, 1.82) is 0 Å². The maximum Gasteiger partial charge on any atom is 0.434 e. The summed E-state index contributed by atoms with van der Waals surface area (Å²) in [6, 6.07) is 4.11. The van der Waals surface area contributed by atoms with Gasteiger partial charge in [0.05, 0.1) is 24.3 Å². The minimum absolute atomic E-state index is 0.0155. The first-order chi connectivity index (χ1) is 15.3. The third kappa shape index (κ3) is 3.51. The molecule has 2 aliphatic heterocycles. The molecule has 0 saturated carbocycles. The van der Waals surface area contributed by atoms with Gasteiger partial charge in [0.1, 0.15) is 17.1 Å². The second kappa shape index (κ2) is 7.64. The molecule has 0 radical (unpaired) electrons. The summed E-state index contributed by atoms with van der Waals surface area (Å²) >= 11 is 0. The number of halogens is 4. The zero-order chi connectivity index (χ0) is 22.5. The van der Waals surface area contributed by atoms with Crippen molar-refractivity contribution in [3.63, 3.8) is 0 Å². The number of hydrogen-bond donors (Lipinski definition) is 0. The summed E-state index contributed by atoms with van der Waals surface area (Å²) in [7, 11) is 0. The van der Waals surface area contributed by atoms with Crippen LogP contribution in [0.4, 0.5) is 17.6 Å². The average Bonchev–Trinajstić information content (AvgIpc) is 3.49. The van der Waals surface area contributed by atoms with E-state index in [2.05, 4.69) is 20.2 Å². The molecule has 7 nitrogen and oxygen atoms in total. The van der Waals surface area contributed by atoms with Crippen molar-refractivity contribution in [3.8, 4) is 5.69 Å². The number of benzene rings is 1. The van der Waals surface area contributed by atoms with E-state index in [-0.39, 0.29) is 29.3 Å². The molecular weight excluding hydrogens is 428 g/mol. The largest absolute Gasteiger partial charge is 0.434 e. The summed E-state index contributed by atoms with van der Waals surface area (Å²) < 4.78 is 53.0. The van der Waals surface area contributed by atoms with E-state index in [9.17, 15) is 22.4 Å². The van der Waals surface area contributed by atoms with Gasteiger partial charge in [-0.05, 0) is 43.7 Å². The molecular formula is C21H18F4N6O. The lowest BCUT2D eigenvalue weighted by atomic mass is 9.86. The molecule has 0 aliphatic carbocycles. The standard InChI is InChI=1S/C21H18F4N6O/c22-15-2-1-3-17(31-28-6-7-29-31)19(15)20(32)30-14-4-5-16(30)12(9-14)8-13-10-27-18(11-26-13)21(23,24)25/h1-3,6-7,10-12,14,16H,4-5,8-9H2. The van der Waals surface area contributed by atoms with E-state index in [1.807, 2.05) is 0 Å². The van der Waals surface area contributed by atoms with Crippen LogP contribution in [0.2, 0.25) is 0 Å². The number of amides is 1. The molecule has 1 amide bonds. The molecule has 5 rings (SSSR count). The van der Waals surface area contributed by atoms with Gasteiger partial charge in [-0.3, -0.25) is 9.78 Å². The molecule has 2 saturated heterocycles. The van der Waals surface area contributed by atoms with Gasteiger partial charge in [-0.1, -0.05) is 6.07 Å². The predicted octanol–water partition coefficient (Wildman–Crippen LogP) is 3.45. The van der Waals surface area contributed by atoms with Gasteiger partial charge in [-0.15, -0.1) is 0 Å². The molecule has 4 heterocycles. The molecule has 0 spiro atoms. The first kappa shape index (κ1) is 20.5. The SMILES string of the molecule is O=C(c1c(F)cccc1-n1nccn1)N1C2CCC1C(Cc1cnc(C(F)(F)F)cn1)C2. The van der Waals surface area contributed by atoms with Crippen LogP contribution in [0.1, 0.15) is 41.0 Å². The van der Waals surface area contributed by atoms with E-state index in [0.717, 1.165) is 25.2 Å². The molecule has 0 N–H and O–H groups in total. The van der Waals surface area contributed by atoms with Crippen LogP contribution in [-0.4, -0.2) is 47.9 Å². The van der Waals surface area contributed by atoms with Gasteiger partial charge in [0, 0.05) is 18.3 Å². The molecule has 2 fully saturated rings. The topological polar surface area (TPSA) is 76.8 Å². The number of fused-ring (bicyclic) bond motifs is 2. The van der Waals surface area contributed by atoms with Crippen molar-refractivity contribution in [3.05, 3.63) is 65.8 Å². The molecule has 166 valence electrons. The number of rotatable bonds is 4. The summed E-state index contributed by atoms with van der Waals surface area (Å²) in [4.78, 5) is 23.8. The van der Waals surface area contributed by atoms with Gasteiger partial charge in [0.2, 0.25) is 0 Å². The van der Waals surface area contributed by atoms with E-state index in [1.54, 1.807) is 11.0 Å².